The third kappa shape index (κ3) is 2.29. The average Bonchev–Trinajstić information content (AvgIpc) is 2.49. The number of benzene rings is 1. The Bertz CT molecular complexity index is 736. The molecule has 2 aromatic rings. The van der Waals surface area contributed by atoms with Crippen LogP contribution in [0.15, 0.2) is 23.1 Å². The minimum atomic E-state index is -0.673. The highest BCUT2D eigenvalue weighted by Crippen LogP contribution is 2.29. The van der Waals surface area contributed by atoms with Gasteiger partial charge < -0.3 is 14.8 Å². The Balaban J connectivity index is 2.28. The molecule has 3 rings (SSSR count). The topological polar surface area (TPSA) is 37.3 Å². The van der Waals surface area contributed by atoms with E-state index in [-0.39, 0.29) is 22.0 Å². The van der Waals surface area contributed by atoms with Crippen molar-refractivity contribution in [1.82, 2.24) is 9.88 Å². The van der Waals surface area contributed by atoms with Gasteiger partial charge in [0.25, 0.3) is 0 Å². The molecule has 1 saturated heterocycles. The van der Waals surface area contributed by atoms with Gasteiger partial charge in [-0.15, -0.1) is 0 Å². The maximum absolute atomic E-state index is 14.9. The van der Waals surface area contributed by atoms with Crippen LogP contribution in [0, 0.1) is 11.6 Å². The lowest BCUT2D eigenvalue weighted by Crippen LogP contribution is -2.44. The van der Waals surface area contributed by atoms with Gasteiger partial charge in [-0.05, 0) is 13.0 Å². The van der Waals surface area contributed by atoms with Crippen LogP contribution in [0.25, 0.3) is 10.9 Å². The van der Waals surface area contributed by atoms with Gasteiger partial charge in [0, 0.05) is 45.0 Å². The van der Waals surface area contributed by atoms with Gasteiger partial charge in [-0.25, -0.2) is 8.78 Å². The van der Waals surface area contributed by atoms with Crippen molar-refractivity contribution in [2.24, 2.45) is 0 Å². The van der Waals surface area contributed by atoms with Crippen LogP contribution in [0.3, 0.4) is 0 Å². The Morgan fingerprint density at radius 2 is 2.00 bits per heavy atom. The van der Waals surface area contributed by atoms with E-state index in [1.54, 1.807) is 15.7 Å². The van der Waals surface area contributed by atoms with Crippen LogP contribution in [0.5, 0.6) is 0 Å². The maximum Gasteiger partial charge on any atom is 0.189 e. The molecule has 21 heavy (non-hydrogen) atoms. The summed E-state index contributed by atoms with van der Waals surface area (Å²) in [5.41, 5.74) is -0.212. The number of nitrogens with zero attached hydrogens (tertiary/aromatic N) is 2. The number of hydrogen-bond acceptors (Lipinski definition) is 3. The van der Waals surface area contributed by atoms with Crippen LogP contribution in [0.2, 0.25) is 0 Å². The summed E-state index contributed by atoms with van der Waals surface area (Å²) in [5, 5.41) is 3.24. The molecule has 0 atom stereocenters. The molecule has 0 saturated carbocycles. The second-order valence-electron chi connectivity index (χ2n) is 5.12. The third-order valence-electron chi connectivity index (χ3n) is 3.90. The molecule has 2 heterocycles. The van der Waals surface area contributed by atoms with Gasteiger partial charge in [0.1, 0.15) is 11.5 Å². The van der Waals surface area contributed by atoms with Crippen molar-refractivity contribution >= 4 is 16.6 Å². The first-order valence-corrected chi connectivity index (χ1v) is 7.10. The van der Waals surface area contributed by atoms with Crippen molar-refractivity contribution < 1.29 is 8.78 Å². The standard InChI is InChI=1S/C15H17F2N3O/c1-2-19-6-3-12(21)10-9-11(16)15(13(17)14(10)19)20-7-4-18-5-8-20/h3,6,9,18H,2,4-5,7-8H2,1H3. The maximum atomic E-state index is 14.9. The smallest absolute Gasteiger partial charge is 0.189 e. The lowest BCUT2D eigenvalue weighted by atomic mass is 10.1. The van der Waals surface area contributed by atoms with Crippen molar-refractivity contribution in [3.63, 3.8) is 0 Å². The number of aryl methyl sites for hydroxylation is 1. The monoisotopic (exact) mass is 293 g/mol. The Hall–Kier alpha value is -1.95. The van der Waals surface area contributed by atoms with Gasteiger partial charge in [0.2, 0.25) is 0 Å². The number of piperazine rings is 1. The summed E-state index contributed by atoms with van der Waals surface area (Å²) in [6, 6.07) is 2.50. The zero-order valence-electron chi connectivity index (χ0n) is 11.8. The van der Waals surface area contributed by atoms with Gasteiger partial charge in [0.15, 0.2) is 11.2 Å². The SMILES string of the molecule is CCn1ccc(=O)c2cc(F)c(N3CCNCC3)c(F)c21. The molecule has 1 N–H and O–H groups in total. The first-order valence-electron chi connectivity index (χ1n) is 7.10. The number of hydrogen-bond donors (Lipinski definition) is 1. The molecule has 1 fully saturated rings. The molecule has 1 aromatic heterocycles. The quantitative estimate of drug-likeness (QED) is 0.916. The Kier molecular flexibility index (Phi) is 3.63. The van der Waals surface area contributed by atoms with Crippen molar-refractivity contribution in [3.8, 4) is 0 Å². The van der Waals surface area contributed by atoms with Gasteiger partial charge in [-0.3, -0.25) is 4.79 Å². The molecule has 1 aliphatic heterocycles. The number of halogens is 2. The van der Waals surface area contributed by atoms with Gasteiger partial charge in [-0.2, -0.15) is 0 Å². The minimum Gasteiger partial charge on any atom is -0.364 e. The number of anilines is 1. The molecule has 1 aliphatic rings. The molecular formula is C15H17F2N3O. The molecule has 0 radical (unpaired) electrons. The fourth-order valence-corrected chi connectivity index (χ4v) is 2.83. The van der Waals surface area contributed by atoms with Gasteiger partial charge in [0.05, 0.1) is 10.9 Å². The van der Waals surface area contributed by atoms with Crippen molar-refractivity contribution in [3.05, 3.63) is 40.2 Å². The third-order valence-corrected chi connectivity index (χ3v) is 3.90. The molecule has 0 aliphatic carbocycles. The first-order chi connectivity index (χ1) is 10.1. The summed E-state index contributed by atoms with van der Waals surface area (Å²) in [4.78, 5) is 13.6. The molecule has 0 unspecified atom stereocenters. The second-order valence-corrected chi connectivity index (χ2v) is 5.12. The van der Waals surface area contributed by atoms with E-state index in [2.05, 4.69) is 5.32 Å². The summed E-state index contributed by atoms with van der Waals surface area (Å²) in [6.45, 7) is 4.83. The molecule has 0 amide bonds. The van der Waals surface area contributed by atoms with Crippen molar-refractivity contribution in [2.75, 3.05) is 31.1 Å². The predicted molar refractivity (Wildman–Crippen MR) is 78.9 cm³/mol. The van der Waals surface area contributed by atoms with E-state index in [9.17, 15) is 13.6 Å². The number of aromatic nitrogens is 1. The van der Waals surface area contributed by atoms with Crippen LogP contribution in [-0.4, -0.2) is 30.7 Å². The van der Waals surface area contributed by atoms with Crippen LogP contribution in [-0.2, 0) is 6.54 Å². The zero-order valence-corrected chi connectivity index (χ0v) is 11.8. The minimum absolute atomic E-state index is 0.0307. The average molecular weight is 293 g/mol. The van der Waals surface area contributed by atoms with E-state index in [1.807, 2.05) is 6.92 Å². The highest BCUT2D eigenvalue weighted by Gasteiger charge is 2.23. The summed E-state index contributed by atoms with van der Waals surface area (Å²) in [5.74, 6) is -1.32. The fraction of sp³-hybridized carbons (Fsp3) is 0.400. The Morgan fingerprint density at radius 1 is 1.29 bits per heavy atom. The van der Waals surface area contributed by atoms with Crippen LogP contribution in [0.4, 0.5) is 14.5 Å². The summed E-state index contributed by atoms with van der Waals surface area (Å²) < 4.78 is 30.8. The van der Waals surface area contributed by atoms with Crippen LogP contribution < -0.4 is 15.6 Å². The van der Waals surface area contributed by atoms with E-state index in [0.717, 1.165) is 6.07 Å². The Labute approximate surface area is 121 Å². The summed E-state index contributed by atoms with van der Waals surface area (Å²) in [7, 11) is 0. The van der Waals surface area contributed by atoms with Crippen LogP contribution >= 0.6 is 0 Å². The van der Waals surface area contributed by atoms with E-state index in [0.29, 0.717) is 32.7 Å². The van der Waals surface area contributed by atoms with Crippen molar-refractivity contribution in [2.45, 2.75) is 13.5 Å². The normalized spacial score (nSPS) is 15.7. The highest BCUT2D eigenvalue weighted by atomic mass is 19.1. The van der Waals surface area contributed by atoms with E-state index >= 15 is 0 Å². The molecule has 6 heteroatoms. The first kappa shape index (κ1) is 14.0. The largest absolute Gasteiger partial charge is 0.364 e. The van der Waals surface area contributed by atoms with Crippen LogP contribution in [0.1, 0.15) is 6.92 Å². The second kappa shape index (κ2) is 5.44. The molecule has 0 bridgehead atoms. The molecule has 112 valence electrons. The lowest BCUT2D eigenvalue weighted by Gasteiger charge is -2.30. The Morgan fingerprint density at radius 3 is 2.67 bits per heavy atom. The van der Waals surface area contributed by atoms with Gasteiger partial charge in [-0.1, -0.05) is 0 Å². The highest BCUT2D eigenvalue weighted by molar-refractivity contribution is 5.84. The van der Waals surface area contributed by atoms with Crippen molar-refractivity contribution in [1.29, 1.82) is 0 Å². The number of rotatable bonds is 2. The van der Waals surface area contributed by atoms with E-state index in [4.69, 9.17) is 0 Å². The van der Waals surface area contributed by atoms with E-state index in [1.165, 1.54) is 6.07 Å². The lowest BCUT2D eigenvalue weighted by molar-refractivity contribution is 0.539. The summed E-state index contributed by atoms with van der Waals surface area (Å²) >= 11 is 0. The molecule has 4 nitrogen and oxygen atoms in total. The van der Waals surface area contributed by atoms with E-state index < -0.39 is 11.6 Å². The zero-order chi connectivity index (χ0) is 15.0. The number of pyridine rings is 1. The number of nitrogens with one attached hydrogen (secondary N) is 1. The molecule has 0 spiro atoms. The fourth-order valence-electron chi connectivity index (χ4n) is 2.83. The molecular weight excluding hydrogens is 276 g/mol. The number of fused-ring (bicyclic) bond motifs is 1. The van der Waals surface area contributed by atoms with Gasteiger partial charge >= 0.3 is 0 Å². The summed E-state index contributed by atoms with van der Waals surface area (Å²) in [6.07, 6.45) is 1.55. The predicted octanol–water partition coefficient (Wildman–Crippen LogP) is 1.71. The molecule has 1 aromatic carbocycles.